The molecule has 0 radical (unpaired) electrons. The van der Waals surface area contributed by atoms with Gasteiger partial charge < -0.3 is 9.67 Å². The number of hydrogen-bond donors (Lipinski definition) is 1. The van der Waals surface area contributed by atoms with Gasteiger partial charge in [0.2, 0.25) is 0 Å². The van der Waals surface area contributed by atoms with Crippen LogP contribution < -0.4 is 0 Å². The SMILES string of the molecule is C=CCSc1ncc(CO)n1C. The van der Waals surface area contributed by atoms with Crippen molar-refractivity contribution < 1.29 is 5.11 Å². The molecule has 1 N–H and O–H groups in total. The van der Waals surface area contributed by atoms with Crippen molar-refractivity contribution >= 4 is 11.8 Å². The Labute approximate surface area is 76.1 Å². The summed E-state index contributed by atoms with van der Waals surface area (Å²) in [5.74, 6) is 0.843. The van der Waals surface area contributed by atoms with E-state index in [0.29, 0.717) is 0 Å². The summed E-state index contributed by atoms with van der Waals surface area (Å²) in [7, 11) is 1.89. The molecule has 1 rings (SSSR count). The van der Waals surface area contributed by atoms with Crippen LogP contribution in [0, 0.1) is 0 Å². The van der Waals surface area contributed by atoms with E-state index in [-0.39, 0.29) is 6.61 Å². The minimum Gasteiger partial charge on any atom is -0.390 e. The van der Waals surface area contributed by atoms with E-state index in [1.165, 1.54) is 0 Å². The van der Waals surface area contributed by atoms with E-state index < -0.39 is 0 Å². The quantitative estimate of drug-likeness (QED) is 0.564. The first-order chi connectivity index (χ1) is 5.79. The van der Waals surface area contributed by atoms with Crippen molar-refractivity contribution in [3.63, 3.8) is 0 Å². The molecule has 0 aromatic carbocycles. The summed E-state index contributed by atoms with van der Waals surface area (Å²) >= 11 is 1.61. The molecule has 12 heavy (non-hydrogen) atoms. The molecular formula is C8H12N2OS. The van der Waals surface area contributed by atoms with Crippen molar-refractivity contribution in [3.05, 3.63) is 24.5 Å². The predicted molar refractivity (Wildman–Crippen MR) is 50.1 cm³/mol. The molecule has 0 aliphatic carbocycles. The first-order valence-electron chi connectivity index (χ1n) is 3.64. The lowest BCUT2D eigenvalue weighted by molar-refractivity contribution is 0.271. The van der Waals surface area contributed by atoms with E-state index in [1.807, 2.05) is 17.7 Å². The molecule has 4 heteroatoms. The van der Waals surface area contributed by atoms with Crippen LogP contribution in [-0.4, -0.2) is 20.4 Å². The van der Waals surface area contributed by atoms with Gasteiger partial charge in [0.25, 0.3) is 0 Å². The average Bonchev–Trinajstić information content (AvgIpc) is 2.43. The molecule has 0 aliphatic rings. The van der Waals surface area contributed by atoms with Crippen molar-refractivity contribution in [2.75, 3.05) is 5.75 Å². The van der Waals surface area contributed by atoms with Gasteiger partial charge in [0.1, 0.15) is 0 Å². The minimum absolute atomic E-state index is 0.0398. The zero-order valence-electron chi connectivity index (χ0n) is 7.03. The molecule has 1 aromatic rings. The third kappa shape index (κ3) is 1.89. The molecule has 3 nitrogen and oxygen atoms in total. The fourth-order valence-corrected chi connectivity index (χ4v) is 1.55. The summed E-state index contributed by atoms with van der Waals surface area (Å²) in [4.78, 5) is 4.14. The van der Waals surface area contributed by atoms with Crippen LogP contribution in [0.3, 0.4) is 0 Å². The van der Waals surface area contributed by atoms with E-state index in [0.717, 1.165) is 16.6 Å². The lowest BCUT2D eigenvalue weighted by atomic mass is 10.5. The molecule has 0 unspecified atom stereocenters. The Bertz CT molecular complexity index is 270. The Kier molecular flexibility index (Phi) is 3.37. The smallest absolute Gasteiger partial charge is 0.168 e. The number of aromatic nitrogens is 2. The van der Waals surface area contributed by atoms with Crippen LogP contribution in [0.5, 0.6) is 0 Å². The molecule has 1 heterocycles. The molecular weight excluding hydrogens is 172 g/mol. The molecule has 0 bridgehead atoms. The Morgan fingerprint density at radius 1 is 1.83 bits per heavy atom. The summed E-state index contributed by atoms with van der Waals surface area (Å²) in [6.45, 7) is 3.66. The summed E-state index contributed by atoms with van der Waals surface area (Å²) in [6.07, 6.45) is 3.52. The Hall–Kier alpha value is -0.740. The van der Waals surface area contributed by atoms with Crippen LogP contribution in [0.4, 0.5) is 0 Å². The molecule has 66 valence electrons. The number of imidazole rings is 1. The van der Waals surface area contributed by atoms with Gasteiger partial charge in [-0.3, -0.25) is 0 Å². The molecule has 0 fully saturated rings. The summed E-state index contributed by atoms with van der Waals surface area (Å²) in [6, 6.07) is 0. The number of hydrogen-bond acceptors (Lipinski definition) is 3. The van der Waals surface area contributed by atoms with Crippen LogP contribution in [0.15, 0.2) is 24.0 Å². The number of rotatable bonds is 4. The first-order valence-corrected chi connectivity index (χ1v) is 4.63. The van der Waals surface area contributed by atoms with Gasteiger partial charge in [-0.2, -0.15) is 0 Å². The Morgan fingerprint density at radius 2 is 2.58 bits per heavy atom. The number of aliphatic hydroxyl groups is 1. The van der Waals surface area contributed by atoms with Gasteiger partial charge in [-0.05, 0) is 0 Å². The van der Waals surface area contributed by atoms with Crippen LogP contribution in [0.1, 0.15) is 5.69 Å². The monoisotopic (exact) mass is 184 g/mol. The zero-order valence-corrected chi connectivity index (χ0v) is 7.84. The summed E-state index contributed by atoms with van der Waals surface area (Å²) < 4.78 is 1.88. The molecule has 0 amide bonds. The highest BCUT2D eigenvalue weighted by molar-refractivity contribution is 7.99. The third-order valence-corrected chi connectivity index (χ3v) is 2.57. The van der Waals surface area contributed by atoms with Gasteiger partial charge >= 0.3 is 0 Å². The van der Waals surface area contributed by atoms with Gasteiger partial charge in [0, 0.05) is 12.8 Å². The molecule has 0 aliphatic heterocycles. The second-order valence-electron chi connectivity index (χ2n) is 2.35. The van der Waals surface area contributed by atoms with E-state index in [1.54, 1.807) is 18.0 Å². The van der Waals surface area contributed by atoms with E-state index in [9.17, 15) is 0 Å². The van der Waals surface area contributed by atoms with Crippen molar-refractivity contribution in [1.82, 2.24) is 9.55 Å². The maximum Gasteiger partial charge on any atom is 0.168 e. The Balaban J connectivity index is 2.72. The fraction of sp³-hybridized carbons (Fsp3) is 0.375. The highest BCUT2D eigenvalue weighted by atomic mass is 32.2. The van der Waals surface area contributed by atoms with Gasteiger partial charge in [-0.1, -0.05) is 17.8 Å². The van der Waals surface area contributed by atoms with Gasteiger partial charge in [0.05, 0.1) is 18.5 Å². The van der Waals surface area contributed by atoms with Crippen molar-refractivity contribution in [2.24, 2.45) is 7.05 Å². The fourth-order valence-electron chi connectivity index (χ4n) is 0.840. The molecule has 0 saturated carbocycles. The largest absolute Gasteiger partial charge is 0.390 e. The summed E-state index contributed by atoms with van der Waals surface area (Å²) in [5.41, 5.74) is 0.835. The average molecular weight is 184 g/mol. The number of aliphatic hydroxyl groups excluding tert-OH is 1. The topological polar surface area (TPSA) is 38.1 Å². The molecule has 0 atom stereocenters. The second-order valence-corrected chi connectivity index (χ2v) is 3.34. The van der Waals surface area contributed by atoms with Crippen LogP contribution in [0.25, 0.3) is 0 Å². The van der Waals surface area contributed by atoms with Crippen LogP contribution >= 0.6 is 11.8 Å². The van der Waals surface area contributed by atoms with Crippen molar-refractivity contribution in [1.29, 1.82) is 0 Å². The van der Waals surface area contributed by atoms with E-state index in [2.05, 4.69) is 11.6 Å². The standard InChI is InChI=1S/C8H12N2OS/c1-3-4-12-8-9-5-7(6-11)10(8)2/h3,5,11H,1,4,6H2,2H3. The predicted octanol–water partition coefficient (Wildman–Crippen LogP) is 1.19. The zero-order chi connectivity index (χ0) is 8.97. The molecule has 0 saturated heterocycles. The normalized spacial score (nSPS) is 10.2. The highest BCUT2D eigenvalue weighted by Crippen LogP contribution is 2.16. The van der Waals surface area contributed by atoms with E-state index in [4.69, 9.17) is 5.11 Å². The minimum atomic E-state index is 0.0398. The highest BCUT2D eigenvalue weighted by Gasteiger charge is 2.03. The van der Waals surface area contributed by atoms with Gasteiger partial charge in [-0.25, -0.2) is 4.98 Å². The third-order valence-electron chi connectivity index (χ3n) is 1.53. The van der Waals surface area contributed by atoms with Gasteiger partial charge in [-0.15, -0.1) is 6.58 Å². The number of thioether (sulfide) groups is 1. The van der Waals surface area contributed by atoms with Gasteiger partial charge in [0.15, 0.2) is 5.16 Å². The lowest BCUT2D eigenvalue weighted by Gasteiger charge is -2.00. The van der Waals surface area contributed by atoms with Crippen LogP contribution in [-0.2, 0) is 13.7 Å². The van der Waals surface area contributed by atoms with Crippen LogP contribution in [0.2, 0.25) is 0 Å². The maximum atomic E-state index is 8.87. The lowest BCUT2D eigenvalue weighted by Crippen LogP contribution is -1.97. The summed E-state index contributed by atoms with van der Waals surface area (Å²) in [5, 5.41) is 9.78. The first kappa shape index (κ1) is 9.35. The Morgan fingerprint density at radius 3 is 3.08 bits per heavy atom. The maximum absolute atomic E-state index is 8.87. The number of nitrogens with zero attached hydrogens (tertiary/aromatic N) is 2. The molecule has 0 spiro atoms. The van der Waals surface area contributed by atoms with E-state index >= 15 is 0 Å². The van der Waals surface area contributed by atoms with Crippen molar-refractivity contribution in [2.45, 2.75) is 11.8 Å². The molecule has 1 aromatic heterocycles. The van der Waals surface area contributed by atoms with Crippen molar-refractivity contribution in [3.8, 4) is 0 Å². The second kappa shape index (κ2) is 4.33.